The number of nitrogens with zero attached hydrogens (tertiary/aromatic N) is 3. The highest BCUT2D eigenvalue weighted by atomic mass is 32.1. The minimum atomic E-state index is -0.911. The van der Waals surface area contributed by atoms with Crippen LogP contribution in [0.3, 0.4) is 0 Å². The van der Waals surface area contributed by atoms with Gasteiger partial charge in [0.2, 0.25) is 22.9 Å². The molecule has 2 bridgehead atoms. The molecule has 8 heteroatoms. The Morgan fingerprint density at radius 2 is 1.79 bits per heavy atom. The third-order valence-electron chi connectivity index (χ3n) is 6.15. The molecule has 2 aliphatic carbocycles. The summed E-state index contributed by atoms with van der Waals surface area (Å²) < 4.78 is 0. The van der Waals surface area contributed by atoms with E-state index in [1.54, 1.807) is 6.92 Å². The Kier molecular flexibility index (Phi) is 4.31. The SMILES string of the molecule is Cc1nnc(NC(=O)[C@H](Cc2ccccc2)N2C(=O)[C@H]3[C@H](C2=O)[C@H]2C=C[C@H]3C2)s1. The van der Waals surface area contributed by atoms with E-state index in [0.717, 1.165) is 17.0 Å². The third-order valence-corrected chi connectivity index (χ3v) is 6.90. The summed E-state index contributed by atoms with van der Waals surface area (Å²) in [5.41, 5.74) is 0.889. The first-order chi connectivity index (χ1) is 14.0. The molecule has 2 heterocycles. The zero-order chi connectivity index (χ0) is 20.1. The van der Waals surface area contributed by atoms with E-state index >= 15 is 0 Å². The smallest absolute Gasteiger partial charge is 0.249 e. The van der Waals surface area contributed by atoms with Gasteiger partial charge in [0, 0.05) is 6.42 Å². The predicted molar refractivity (Wildman–Crippen MR) is 107 cm³/mol. The number of amides is 3. The normalized spacial score (nSPS) is 28.1. The molecule has 1 saturated heterocycles. The number of carbonyl (C=O) groups is 3. The van der Waals surface area contributed by atoms with Crippen molar-refractivity contribution >= 4 is 34.2 Å². The number of nitrogens with one attached hydrogen (secondary N) is 1. The topological polar surface area (TPSA) is 92.3 Å². The largest absolute Gasteiger partial charge is 0.299 e. The first-order valence-electron chi connectivity index (χ1n) is 9.73. The minimum absolute atomic E-state index is 0.109. The molecule has 1 aromatic heterocycles. The lowest BCUT2D eigenvalue weighted by molar-refractivity contribution is -0.147. The number of aromatic nitrogens is 2. The molecule has 29 heavy (non-hydrogen) atoms. The molecule has 0 unspecified atom stereocenters. The average molecular weight is 408 g/mol. The summed E-state index contributed by atoms with van der Waals surface area (Å²) in [6.45, 7) is 1.80. The number of hydrogen-bond acceptors (Lipinski definition) is 6. The summed E-state index contributed by atoms with van der Waals surface area (Å²) in [5.74, 6) is -1.29. The van der Waals surface area contributed by atoms with Crippen molar-refractivity contribution in [2.24, 2.45) is 23.7 Å². The number of allylic oxidation sites excluding steroid dienone is 2. The molecule has 3 aliphatic rings. The van der Waals surface area contributed by atoms with Crippen LogP contribution in [-0.2, 0) is 20.8 Å². The number of likely N-dealkylation sites (tertiary alicyclic amines) is 1. The predicted octanol–water partition coefficient (Wildman–Crippen LogP) is 2.20. The number of benzene rings is 1. The van der Waals surface area contributed by atoms with E-state index in [4.69, 9.17) is 0 Å². The Balaban J connectivity index is 1.46. The van der Waals surface area contributed by atoms with Gasteiger partial charge in [-0.25, -0.2) is 0 Å². The Morgan fingerprint density at radius 3 is 2.38 bits per heavy atom. The van der Waals surface area contributed by atoms with Crippen molar-refractivity contribution in [3.8, 4) is 0 Å². The van der Waals surface area contributed by atoms with Crippen molar-refractivity contribution in [2.75, 3.05) is 5.32 Å². The van der Waals surface area contributed by atoms with Crippen LogP contribution in [0, 0.1) is 30.6 Å². The summed E-state index contributed by atoms with van der Waals surface area (Å²) in [7, 11) is 0. The summed E-state index contributed by atoms with van der Waals surface area (Å²) in [5, 5.41) is 11.7. The van der Waals surface area contributed by atoms with E-state index in [-0.39, 0.29) is 41.9 Å². The van der Waals surface area contributed by atoms with E-state index in [2.05, 4.69) is 27.7 Å². The third kappa shape index (κ3) is 2.98. The Hall–Kier alpha value is -2.87. The van der Waals surface area contributed by atoms with Crippen LogP contribution in [0.5, 0.6) is 0 Å². The van der Waals surface area contributed by atoms with E-state index in [9.17, 15) is 14.4 Å². The van der Waals surface area contributed by atoms with Gasteiger partial charge in [0.25, 0.3) is 0 Å². The fourth-order valence-corrected chi connectivity index (χ4v) is 5.50. The van der Waals surface area contributed by atoms with Gasteiger partial charge < -0.3 is 0 Å². The number of anilines is 1. The molecule has 1 aliphatic heterocycles. The Morgan fingerprint density at radius 1 is 1.14 bits per heavy atom. The van der Waals surface area contributed by atoms with E-state index in [1.807, 2.05) is 30.3 Å². The molecule has 1 saturated carbocycles. The highest BCUT2D eigenvalue weighted by Crippen LogP contribution is 2.53. The number of carbonyl (C=O) groups excluding carboxylic acids is 3. The van der Waals surface area contributed by atoms with Crippen molar-refractivity contribution in [2.45, 2.75) is 25.8 Å². The lowest BCUT2D eigenvalue weighted by atomic mass is 9.85. The Labute approximate surface area is 171 Å². The lowest BCUT2D eigenvalue weighted by Crippen LogP contribution is -2.49. The molecule has 7 nitrogen and oxygen atoms in total. The van der Waals surface area contributed by atoms with Crippen LogP contribution in [-0.4, -0.2) is 38.9 Å². The molecule has 1 aromatic carbocycles. The van der Waals surface area contributed by atoms with Gasteiger partial charge in [-0.3, -0.25) is 24.6 Å². The highest BCUT2D eigenvalue weighted by molar-refractivity contribution is 7.15. The number of rotatable bonds is 5. The molecule has 148 valence electrons. The molecule has 2 aromatic rings. The number of fused-ring (bicyclic) bond motifs is 5. The van der Waals surface area contributed by atoms with Gasteiger partial charge in [0.05, 0.1) is 11.8 Å². The fourth-order valence-electron chi connectivity index (χ4n) is 4.91. The second kappa shape index (κ2) is 6.88. The monoisotopic (exact) mass is 408 g/mol. The minimum Gasteiger partial charge on any atom is -0.299 e. The van der Waals surface area contributed by atoms with Gasteiger partial charge in [-0.1, -0.05) is 53.8 Å². The standard InChI is InChI=1S/C21H20N4O3S/c1-11-23-24-21(29-11)22-18(26)15(9-12-5-3-2-4-6-12)25-19(27)16-13-7-8-14(10-13)17(16)20(25)28/h2-8,13-17H,9-10H2,1H3,(H,22,24,26)/t13-,14-,15-,16+,17+/m0/s1. The van der Waals surface area contributed by atoms with Crippen LogP contribution in [0.1, 0.15) is 17.0 Å². The van der Waals surface area contributed by atoms with Crippen LogP contribution in [0.2, 0.25) is 0 Å². The van der Waals surface area contributed by atoms with Gasteiger partial charge in [0.1, 0.15) is 11.0 Å². The van der Waals surface area contributed by atoms with Crippen molar-refractivity contribution in [1.82, 2.24) is 15.1 Å². The maximum Gasteiger partial charge on any atom is 0.249 e. The molecule has 0 radical (unpaired) electrons. The van der Waals surface area contributed by atoms with Gasteiger partial charge in [-0.2, -0.15) is 0 Å². The molecule has 5 rings (SSSR count). The molecule has 0 spiro atoms. The van der Waals surface area contributed by atoms with Crippen LogP contribution in [0.15, 0.2) is 42.5 Å². The maximum atomic E-state index is 13.2. The molecule has 1 N–H and O–H groups in total. The van der Waals surface area contributed by atoms with Crippen LogP contribution >= 0.6 is 11.3 Å². The van der Waals surface area contributed by atoms with Crippen molar-refractivity contribution < 1.29 is 14.4 Å². The second-order valence-corrected chi connectivity index (χ2v) is 9.05. The molecular formula is C21H20N4O3S. The molecule has 5 atom stereocenters. The van der Waals surface area contributed by atoms with Crippen LogP contribution < -0.4 is 5.32 Å². The summed E-state index contributed by atoms with van der Waals surface area (Å²) in [6, 6.07) is 8.53. The molecule has 2 fully saturated rings. The average Bonchev–Trinajstić information content (AvgIpc) is 3.47. The van der Waals surface area contributed by atoms with Gasteiger partial charge in [0.15, 0.2) is 0 Å². The summed E-state index contributed by atoms with van der Waals surface area (Å²) in [6.07, 6.45) is 5.23. The molecule has 3 amide bonds. The number of hydrogen-bond donors (Lipinski definition) is 1. The Bertz CT molecular complexity index is 988. The van der Waals surface area contributed by atoms with Crippen LogP contribution in [0.4, 0.5) is 5.13 Å². The van der Waals surface area contributed by atoms with Gasteiger partial charge >= 0.3 is 0 Å². The van der Waals surface area contributed by atoms with E-state index < -0.39 is 11.9 Å². The number of imide groups is 1. The lowest BCUT2D eigenvalue weighted by Gasteiger charge is -2.26. The van der Waals surface area contributed by atoms with E-state index in [0.29, 0.717) is 5.13 Å². The van der Waals surface area contributed by atoms with Crippen molar-refractivity contribution in [3.63, 3.8) is 0 Å². The number of aryl methyl sites for hydroxylation is 1. The van der Waals surface area contributed by atoms with Gasteiger partial charge in [-0.15, -0.1) is 10.2 Å². The van der Waals surface area contributed by atoms with Gasteiger partial charge in [-0.05, 0) is 30.7 Å². The van der Waals surface area contributed by atoms with E-state index in [1.165, 1.54) is 16.2 Å². The summed E-state index contributed by atoms with van der Waals surface area (Å²) >= 11 is 1.26. The quantitative estimate of drug-likeness (QED) is 0.605. The van der Waals surface area contributed by atoms with Crippen LogP contribution in [0.25, 0.3) is 0 Å². The molecular weight excluding hydrogens is 388 g/mol. The first kappa shape index (κ1) is 18.2. The second-order valence-electron chi connectivity index (χ2n) is 7.87. The fraction of sp³-hybridized carbons (Fsp3) is 0.381. The highest BCUT2D eigenvalue weighted by Gasteiger charge is 2.61. The zero-order valence-electron chi connectivity index (χ0n) is 15.8. The zero-order valence-corrected chi connectivity index (χ0v) is 16.6. The first-order valence-corrected chi connectivity index (χ1v) is 10.5. The summed E-state index contributed by atoms with van der Waals surface area (Å²) in [4.78, 5) is 40.9. The maximum absolute atomic E-state index is 13.2. The van der Waals surface area contributed by atoms with Crippen molar-refractivity contribution in [3.05, 3.63) is 53.1 Å². The van der Waals surface area contributed by atoms with Crippen molar-refractivity contribution in [1.29, 1.82) is 0 Å².